The van der Waals surface area contributed by atoms with Crippen LogP contribution < -0.4 is 0 Å². The van der Waals surface area contributed by atoms with Crippen LogP contribution in [0, 0.1) is 0 Å². The molecule has 0 bridgehead atoms. The van der Waals surface area contributed by atoms with Crippen molar-refractivity contribution in [3.05, 3.63) is 28.8 Å². The molecule has 1 saturated carbocycles. The lowest BCUT2D eigenvalue weighted by atomic mass is 9.94. The fourth-order valence-electron chi connectivity index (χ4n) is 1.79. The number of rotatable bonds is 2. The molecule has 16 heavy (non-hydrogen) atoms. The minimum atomic E-state index is -3.33. The van der Waals surface area contributed by atoms with Crippen molar-refractivity contribution in [2.45, 2.75) is 17.8 Å². The molecule has 2 N–H and O–H groups in total. The van der Waals surface area contributed by atoms with Crippen molar-refractivity contribution < 1.29 is 23.8 Å². The number of benzene rings is 1. The number of carboxylic acids is 1. The van der Waals surface area contributed by atoms with E-state index in [0.29, 0.717) is 0 Å². The molecule has 0 spiro atoms. The summed E-state index contributed by atoms with van der Waals surface area (Å²) in [5, 5.41) is 18.5. The topological polar surface area (TPSA) is 57.5 Å². The Bertz CT molecular complexity index is 475. The number of carbonyl (C=O) groups is 1. The highest BCUT2D eigenvalue weighted by molar-refractivity contribution is 6.30. The standard InChI is InChI=1S/C10H7ClF2O3/c11-5-1-2-6(7(14)3-5)9(8(15)16)4-10(9,12)13/h1-3,14H,4H2,(H,15,16). The number of hydrogen-bond donors (Lipinski definition) is 2. The second kappa shape index (κ2) is 3.07. The van der Waals surface area contributed by atoms with E-state index >= 15 is 0 Å². The molecule has 1 atom stereocenters. The lowest BCUT2D eigenvalue weighted by Crippen LogP contribution is -2.27. The summed E-state index contributed by atoms with van der Waals surface area (Å²) >= 11 is 5.54. The molecule has 86 valence electrons. The van der Waals surface area contributed by atoms with E-state index in [9.17, 15) is 18.7 Å². The molecule has 0 saturated heterocycles. The third kappa shape index (κ3) is 1.28. The zero-order chi connectivity index (χ0) is 12.1. The maximum absolute atomic E-state index is 13.1. The van der Waals surface area contributed by atoms with Crippen LogP contribution in [0.1, 0.15) is 12.0 Å². The first-order valence-electron chi connectivity index (χ1n) is 4.41. The summed E-state index contributed by atoms with van der Waals surface area (Å²) in [6, 6.07) is 3.44. The lowest BCUT2D eigenvalue weighted by Gasteiger charge is -2.13. The number of alkyl halides is 2. The van der Waals surface area contributed by atoms with E-state index < -0.39 is 29.5 Å². The van der Waals surface area contributed by atoms with Crippen LogP contribution >= 0.6 is 11.6 Å². The van der Waals surface area contributed by atoms with Gasteiger partial charge in [-0.15, -0.1) is 0 Å². The van der Waals surface area contributed by atoms with Crippen molar-refractivity contribution in [1.82, 2.24) is 0 Å². The number of halogens is 3. The van der Waals surface area contributed by atoms with E-state index in [1.165, 1.54) is 6.07 Å². The normalized spacial score (nSPS) is 26.4. The number of carboxylic acid groups (broad SMARTS) is 1. The summed E-state index contributed by atoms with van der Waals surface area (Å²) < 4.78 is 26.3. The van der Waals surface area contributed by atoms with Crippen LogP contribution in [-0.2, 0) is 10.2 Å². The largest absolute Gasteiger partial charge is 0.508 e. The molecule has 3 nitrogen and oxygen atoms in total. The van der Waals surface area contributed by atoms with E-state index in [1.807, 2.05) is 0 Å². The van der Waals surface area contributed by atoms with Gasteiger partial charge in [-0.3, -0.25) is 4.79 Å². The second-order valence-corrected chi connectivity index (χ2v) is 4.19. The van der Waals surface area contributed by atoms with Crippen LogP contribution in [0.3, 0.4) is 0 Å². The molecule has 1 aromatic carbocycles. The van der Waals surface area contributed by atoms with Crippen LogP contribution in [-0.4, -0.2) is 22.1 Å². The minimum Gasteiger partial charge on any atom is -0.508 e. The van der Waals surface area contributed by atoms with Crippen LogP contribution in [0.25, 0.3) is 0 Å². The number of phenolic OH excluding ortho intramolecular Hbond substituents is 1. The molecule has 1 aliphatic rings. The lowest BCUT2D eigenvalue weighted by molar-refractivity contribution is -0.143. The van der Waals surface area contributed by atoms with Gasteiger partial charge in [-0.05, 0) is 12.1 Å². The quantitative estimate of drug-likeness (QED) is 0.845. The average Bonchev–Trinajstić information content (AvgIpc) is 2.70. The number of aliphatic carboxylic acids is 1. The van der Waals surface area contributed by atoms with Crippen molar-refractivity contribution in [2.75, 3.05) is 0 Å². The average molecular weight is 249 g/mol. The van der Waals surface area contributed by atoms with Crippen LogP contribution in [0.4, 0.5) is 8.78 Å². The zero-order valence-electron chi connectivity index (χ0n) is 7.88. The Balaban J connectivity index is 2.56. The fraction of sp³-hybridized carbons (Fsp3) is 0.300. The Labute approximate surface area is 94.3 Å². The van der Waals surface area contributed by atoms with Gasteiger partial charge in [0.05, 0.1) is 0 Å². The number of hydrogen-bond acceptors (Lipinski definition) is 2. The highest BCUT2D eigenvalue weighted by Gasteiger charge is 2.78. The van der Waals surface area contributed by atoms with Crippen molar-refractivity contribution in [3.8, 4) is 5.75 Å². The van der Waals surface area contributed by atoms with Crippen molar-refractivity contribution in [2.24, 2.45) is 0 Å². The first-order chi connectivity index (χ1) is 7.31. The van der Waals surface area contributed by atoms with Gasteiger partial charge in [0.2, 0.25) is 0 Å². The Morgan fingerprint density at radius 2 is 2.00 bits per heavy atom. The molecule has 0 aliphatic heterocycles. The van der Waals surface area contributed by atoms with Crippen LogP contribution in [0.15, 0.2) is 18.2 Å². The molecule has 0 aromatic heterocycles. The van der Waals surface area contributed by atoms with Gasteiger partial charge in [0, 0.05) is 17.0 Å². The summed E-state index contributed by atoms with van der Waals surface area (Å²) in [7, 11) is 0. The fourth-order valence-corrected chi connectivity index (χ4v) is 1.96. The van der Waals surface area contributed by atoms with E-state index in [1.54, 1.807) is 0 Å². The molecule has 1 aromatic rings. The Kier molecular flexibility index (Phi) is 2.14. The molecule has 6 heteroatoms. The Morgan fingerprint density at radius 1 is 1.44 bits per heavy atom. The SMILES string of the molecule is O=C(O)C1(c2ccc(Cl)cc2O)CC1(F)F. The van der Waals surface area contributed by atoms with Gasteiger partial charge in [-0.1, -0.05) is 17.7 Å². The Morgan fingerprint density at radius 3 is 2.38 bits per heavy atom. The second-order valence-electron chi connectivity index (χ2n) is 3.75. The van der Waals surface area contributed by atoms with Crippen molar-refractivity contribution in [3.63, 3.8) is 0 Å². The third-order valence-electron chi connectivity index (χ3n) is 2.77. The zero-order valence-corrected chi connectivity index (χ0v) is 8.63. The van der Waals surface area contributed by atoms with E-state index in [4.69, 9.17) is 16.7 Å². The molecule has 1 unspecified atom stereocenters. The van der Waals surface area contributed by atoms with Gasteiger partial charge in [0.25, 0.3) is 5.92 Å². The predicted octanol–water partition coefficient (Wildman–Crippen LogP) is 2.41. The highest BCUT2D eigenvalue weighted by Crippen LogP contribution is 2.63. The highest BCUT2D eigenvalue weighted by atomic mass is 35.5. The van der Waals surface area contributed by atoms with Gasteiger partial charge in [0.1, 0.15) is 5.75 Å². The molecular formula is C10H7ClF2O3. The summed E-state index contributed by atoms with van der Waals surface area (Å²) in [6.45, 7) is 0. The molecule has 1 aliphatic carbocycles. The minimum absolute atomic E-state index is 0.158. The third-order valence-corrected chi connectivity index (χ3v) is 3.01. The predicted molar refractivity (Wildman–Crippen MR) is 52.0 cm³/mol. The summed E-state index contributed by atoms with van der Waals surface area (Å²) in [5.74, 6) is -5.49. The Hall–Kier alpha value is -1.36. The first-order valence-corrected chi connectivity index (χ1v) is 4.79. The summed E-state index contributed by atoms with van der Waals surface area (Å²) in [6.07, 6.45) is -0.801. The molecular weight excluding hydrogens is 242 g/mol. The smallest absolute Gasteiger partial charge is 0.320 e. The van der Waals surface area contributed by atoms with E-state index in [2.05, 4.69) is 0 Å². The van der Waals surface area contributed by atoms with Crippen molar-refractivity contribution in [1.29, 1.82) is 0 Å². The van der Waals surface area contributed by atoms with E-state index in [0.717, 1.165) is 12.1 Å². The first kappa shape index (κ1) is 11.1. The van der Waals surface area contributed by atoms with Gasteiger partial charge in [-0.2, -0.15) is 0 Å². The van der Waals surface area contributed by atoms with Crippen LogP contribution in [0.5, 0.6) is 5.75 Å². The maximum Gasteiger partial charge on any atom is 0.320 e. The van der Waals surface area contributed by atoms with Gasteiger partial charge in [-0.25, -0.2) is 8.78 Å². The number of aromatic hydroxyl groups is 1. The van der Waals surface area contributed by atoms with Gasteiger partial charge >= 0.3 is 5.97 Å². The molecule has 2 rings (SSSR count). The monoisotopic (exact) mass is 248 g/mol. The summed E-state index contributed by atoms with van der Waals surface area (Å²) in [4.78, 5) is 10.9. The van der Waals surface area contributed by atoms with Gasteiger partial charge in [0.15, 0.2) is 5.41 Å². The molecule has 0 radical (unpaired) electrons. The molecule has 0 heterocycles. The van der Waals surface area contributed by atoms with Crippen LogP contribution in [0.2, 0.25) is 5.02 Å². The number of phenols is 1. The maximum atomic E-state index is 13.1. The van der Waals surface area contributed by atoms with E-state index in [-0.39, 0.29) is 10.6 Å². The molecule has 0 amide bonds. The van der Waals surface area contributed by atoms with Crippen molar-refractivity contribution >= 4 is 17.6 Å². The molecule has 1 fully saturated rings. The summed E-state index contributed by atoms with van der Waals surface area (Å²) in [5.41, 5.74) is -2.60. The van der Waals surface area contributed by atoms with Gasteiger partial charge < -0.3 is 10.2 Å².